The summed E-state index contributed by atoms with van der Waals surface area (Å²) in [5.74, 6) is -0.737. The standard InChI is InChI=1S/C27H35F3N2O5/c1-15(2)22(26(34)35)32-24(33)19-7-5-6-17(12-19)13-36-14-21-23(16(3)4)37-25(31-21)18-8-10-20(11-9-18)27(28,29)30/h8-11,15-17,19,22H,5-7,12-14H2,1-4H3,(H,32,33)(H,34,35)/t17?,19?,22-/m0/s1. The number of carbonyl (C=O) groups excluding carboxylic acids is 1. The quantitative estimate of drug-likeness (QED) is 0.393. The van der Waals surface area contributed by atoms with Crippen LogP contribution < -0.4 is 5.32 Å². The number of aromatic nitrogens is 1. The van der Waals surface area contributed by atoms with Crippen LogP contribution in [0.2, 0.25) is 0 Å². The van der Waals surface area contributed by atoms with Crippen molar-refractivity contribution in [1.29, 1.82) is 0 Å². The lowest BCUT2D eigenvalue weighted by molar-refractivity contribution is -0.144. The summed E-state index contributed by atoms with van der Waals surface area (Å²) in [5.41, 5.74) is 0.303. The Morgan fingerprint density at radius 2 is 1.84 bits per heavy atom. The van der Waals surface area contributed by atoms with Gasteiger partial charge in [0.15, 0.2) is 0 Å². The lowest BCUT2D eigenvalue weighted by Gasteiger charge is -2.29. The average Bonchev–Trinajstić information content (AvgIpc) is 3.26. The van der Waals surface area contributed by atoms with Crippen LogP contribution in [0.1, 0.15) is 76.3 Å². The molecule has 0 saturated heterocycles. The van der Waals surface area contributed by atoms with Gasteiger partial charge in [-0.05, 0) is 55.4 Å². The first-order valence-electron chi connectivity index (χ1n) is 12.6. The van der Waals surface area contributed by atoms with E-state index in [-0.39, 0.29) is 42.1 Å². The Morgan fingerprint density at radius 1 is 1.16 bits per heavy atom. The molecular weight excluding hydrogens is 489 g/mol. The fourth-order valence-corrected chi connectivity index (χ4v) is 4.63. The first-order valence-corrected chi connectivity index (χ1v) is 12.6. The van der Waals surface area contributed by atoms with Crippen LogP contribution in [0, 0.1) is 17.8 Å². The molecule has 3 atom stereocenters. The summed E-state index contributed by atoms with van der Waals surface area (Å²) in [6, 6.07) is 3.76. The summed E-state index contributed by atoms with van der Waals surface area (Å²) >= 11 is 0. The van der Waals surface area contributed by atoms with Crippen molar-refractivity contribution in [3.8, 4) is 11.5 Å². The molecule has 1 aromatic heterocycles. The Labute approximate surface area is 214 Å². The smallest absolute Gasteiger partial charge is 0.416 e. The van der Waals surface area contributed by atoms with Crippen molar-refractivity contribution in [2.75, 3.05) is 6.61 Å². The van der Waals surface area contributed by atoms with Gasteiger partial charge in [0, 0.05) is 24.0 Å². The Bertz CT molecular complexity index is 1060. The first kappa shape index (κ1) is 28.7. The molecule has 1 saturated carbocycles. The van der Waals surface area contributed by atoms with Crippen LogP contribution in [0.25, 0.3) is 11.5 Å². The summed E-state index contributed by atoms with van der Waals surface area (Å²) in [5, 5.41) is 12.0. The number of rotatable bonds is 10. The van der Waals surface area contributed by atoms with Crippen LogP contribution in [-0.2, 0) is 27.1 Å². The molecule has 0 bridgehead atoms. The van der Waals surface area contributed by atoms with Crippen molar-refractivity contribution in [1.82, 2.24) is 10.3 Å². The van der Waals surface area contributed by atoms with Crippen LogP contribution in [0.5, 0.6) is 0 Å². The van der Waals surface area contributed by atoms with E-state index in [9.17, 15) is 27.9 Å². The van der Waals surface area contributed by atoms with Gasteiger partial charge < -0.3 is 19.6 Å². The van der Waals surface area contributed by atoms with Crippen molar-refractivity contribution in [3.05, 3.63) is 41.3 Å². The highest BCUT2D eigenvalue weighted by Crippen LogP contribution is 2.33. The van der Waals surface area contributed by atoms with Gasteiger partial charge in [0.05, 0.1) is 12.2 Å². The molecule has 2 aromatic rings. The first-order chi connectivity index (χ1) is 17.4. The van der Waals surface area contributed by atoms with Gasteiger partial charge in [-0.1, -0.05) is 34.1 Å². The minimum atomic E-state index is -4.41. The van der Waals surface area contributed by atoms with E-state index in [0.717, 1.165) is 25.0 Å². The number of ether oxygens (including phenoxy) is 1. The fourth-order valence-electron chi connectivity index (χ4n) is 4.63. The van der Waals surface area contributed by atoms with Gasteiger partial charge >= 0.3 is 12.1 Å². The lowest BCUT2D eigenvalue weighted by atomic mass is 9.81. The monoisotopic (exact) mass is 524 g/mol. The van der Waals surface area contributed by atoms with Gasteiger partial charge in [0.2, 0.25) is 11.8 Å². The number of nitrogens with one attached hydrogen (secondary N) is 1. The SMILES string of the molecule is CC(C)c1oc(-c2ccc(C(F)(F)F)cc2)nc1COCC1CCCC(C(=O)N[C@H](C(=O)O)C(C)C)C1. The molecule has 37 heavy (non-hydrogen) atoms. The number of nitrogens with zero attached hydrogens (tertiary/aromatic N) is 1. The van der Waals surface area contributed by atoms with Crippen LogP contribution in [0.15, 0.2) is 28.7 Å². The van der Waals surface area contributed by atoms with Crippen molar-refractivity contribution >= 4 is 11.9 Å². The van der Waals surface area contributed by atoms with E-state index in [4.69, 9.17) is 9.15 Å². The molecule has 0 radical (unpaired) electrons. The zero-order valence-corrected chi connectivity index (χ0v) is 21.6. The van der Waals surface area contributed by atoms with Crippen LogP contribution in [0.3, 0.4) is 0 Å². The van der Waals surface area contributed by atoms with E-state index in [1.165, 1.54) is 12.1 Å². The number of halogens is 3. The topological polar surface area (TPSA) is 102 Å². The molecule has 1 aromatic carbocycles. The van der Waals surface area contributed by atoms with Gasteiger partial charge in [0.1, 0.15) is 17.5 Å². The number of carbonyl (C=O) groups is 2. The zero-order chi connectivity index (χ0) is 27.3. The molecule has 0 spiro atoms. The molecule has 2 unspecified atom stereocenters. The van der Waals surface area contributed by atoms with Crippen molar-refractivity contribution in [2.24, 2.45) is 17.8 Å². The predicted molar refractivity (Wildman–Crippen MR) is 131 cm³/mol. The maximum Gasteiger partial charge on any atom is 0.416 e. The number of aliphatic carboxylic acids is 1. The molecule has 3 rings (SSSR count). The molecule has 10 heteroatoms. The number of carboxylic acid groups (broad SMARTS) is 1. The third-order valence-electron chi connectivity index (χ3n) is 6.69. The second-order valence-corrected chi connectivity index (χ2v) is 10.4. The van der Waals surface area contributed by atoms with Crippen molar-refractivity contribution in [3.63, 3.8) is 0 Å². The van der Waals surface area contributed by atoms with Crippen LogP contribution in [-0.4, -0.2) is 34.6 Å². The maximum atomic E-state index is 12.9. The normalized spacial score (nSPS) is 19.3. The number of oxazole rings is 1. The summed E-state index contributed by atoms with van der Waals surface area (Å²) in [6.45, 7) is 7.98. The van der Waals surface area contributed by atoms with Crippen LogP contribution in [0.4, 0.5) is 13.2 Å². The highest BCUT2D eigenvalue weighted by atomic mass is 19.4. The number of hydrogen-bond acceptors (Lipinski definition) is 5. The lowest BCUT2D eigenvalue weighted by Crippen LogP contribution is -2.47. The second kappa shape index (κ2) is 12.1. The van der Waals surface area contributed by atoms with Gasteiger partial charge in [-0.2, -0.15) is 13.2 Å². The van der Waals surface area contributed by atoms with Gasteiger partial charge in [-0.25, -0.2) is 9.78 Å². The summed E-state index contributed by atoms with van der Waals surface area (Å²) in [6.07, 6.45) is -1.33. The Morgan fingerprint density at radius 3 is 2.41 bits per heavy atom. The molecule has 2 N–H and O–H groups in total. The molecule has 1 heterocycles. The maximum absolute atomic E-state index is 12.9. The largest absolute Gasteiger partial charge is 0.480 e. The van der Waals surface area contributed by atoms with E-state index < -0.39 is 23.8 Å². The highest BCUT2D eigenvalue weighted by Gasteiger charge is 2.32. The number of benzene rings is 1. The number of alkyl halides is 3. The molecule has 1 aliphatic rings. The van der Waals surface area contributed by atoms with Gasteiger partial charge in [0.25, 0.3) is 0 Å². The van der Waals surface area contributed by atoms with Gasteiger partial charge in [-0.3, -0.25) is 4.79 Å². The summed E-state index contributed by atoms with van der Waals surface area (Å²) < 4.78 is 50.5. The average molecular weight is 525 g/mol. The van der Waals surface area contributed by atoms with E-state index in [1.54, 1.807) is 13.8 Å². The van der Waals surface area contributed by atoms with Crippen LogP contribution >= 0.6 is 0 Å². The van der Waals surface area contributed by atoms with Gasteiger partial charge in [-0.15, -0.1) is 0 Å². The Balaban J connectivity index is 1.60. The molecular formula is C27H35F3N2O5. The molecule has 1 amide bonds. The molecule has 204 valence electrons. The van der Waals surface area contributed by atoms with Crippen molar-refractivity contribution < 1.29 is 37.0 Å². The third kappa shape index (κ3) is 7.56. The molecule has 0 aliphatic heterocycles. The second-order valence-electron chi connectivity index (χ2n) is 10.4. The number of hydrogen-bond donors (Lipinski definition) is 2. The zero-order valence-electron chi connectivity index (χ0n) is 21.6. The Kier molecular flexibility index (Phi) is 9.39. The summed E-state index contributed by atoms with van der Waals surface area (Å²) in [4.78, 5) is 28.6. The summed E-state index contributed by atoms with van der Waals surface area (Å²) in [7, 11) is 0. The van der Waals surface area contributed by atoms with E-state index in [0.29, 0.717) is 36.5 Å². The van der Waals surface area contributed by atoms with E-state index in [1.807, 2.05) is 13.8 Å². The highest BCUT2D eigenvalue weighted by molar-refractivity contribution is 5.85. The Hall–Kier alpha value is -2.88. The number of amides is 1. The minimum absolute atomic E-state index is 0.000179. The third-order valence-corrected chi connectivity index (χ3v) is 6.69. The number of carboxylic acids is 1. The fraction of sp³-hybridized carbons (Fsp3) is 0.593. The minimum Gasteiger partial charge on any atom is -0.480 e. The molecule has 7 nitrogen and oxygen atoms in total. The van der Waals surface area contributed by atoms with Crippen molar-refractivity contribution in [2.45, 2.75) is 78.1 Å². The van der Waals surface area contributed by atoms with E-state index >= 15 is 0 Å². The molecule has 1 fully saturated rings. The molecule has 1 aliphatic carbocycles. The van der Waals surface area contributed by atoms with E-state index in [2.05, 4.69) is 10.3 Å². The predicted octanol–water partition coefficient (Wildman–Crippen LogP) is 6.03.